The highest BCUT2D eigenvalue weighted by Crippen LogP contribution is 2.36. The molecule has 2 aromatic rings. The van der Waals surface area contributed by atoms with Crippen LogP contribution in [0.1, 0.15) is 38.8 Å². The maximum absolute atomic E-state index is 13.0. The normalized spacial score (nSPS) is 16.0. The molecule has 1 N–H and O–H groups in total. The van der Waals surface area contributed by atoms with Crippen LogP contribution in [0.3, 0.4) is 0 Å². The lowest BCUT2D eigenvalue weighted by Gasteiger charge is -2.31. The predicted octanol–water partition coefficient (Wildman–Crippen LogP) is 3.91. The summed E-state index contributed by atoms with van der Waals surface area (Å²) < 4.78 is 40.1. The van der Waals surface area contributed by atoms with Crippen LogP contribution in [-0.2, 0) is 10.0 Å². The quantitative estimate of drug-likeness (QED) is 0.880. The van der Waals surface area contributed by atoms with E-state index < -0.39 is 10.0 Å². The van der Waals surface area contributed by atoms with Crippen LogP contribution in [0.2, 0.25) is 0 Å². The van der Waals surface area contributed by atoms with E-state index in [1.807, 2.05) is 51.1 Å². The van der Waals surface area contributed by atoms with Crippen LogP contribution in [0.5, 0.6) is 11.5 Å². The van der Waals surface area contributed by atoms with Crippen LogP contribution < -0.4 is 14.2 Å². The number of fused-ring (bicyclic) bond motifs is 1. The van der Waals surface area contributed by atoms with Gasteiger partial charge in [0.2, 0.25) is 10.0 Å². The summed E-state index contributed by atoms with van der Waals surface area (Å²) in [7, 11) is -3.72. The highest BCUT2D eigenvalue weighted by atomic mass is 32.2. The van der Waals surface area contributed by atoms with Gasteiger partial charge in [-0.1, -0.05) is 51.1 Å². The molecule has 2 aromatic carbocycles. The third kappa shape index (κ3) is 4.19. The average Bonchev–Trinajstić information content (AvgIpc) is 2.84. The molecule has 1 heterocycles. The van der Waals surface area contributed by atoms with E-state index in [-0.39, 0.29) is 16.4 Å². The van der Waals surface area contributed by atoms with E-state index >= 15 is 0 Å². The van der Waals surface area contributed by atoms with E-state index in [9.17, 15) is 8.42 Å². The van der Waals surface area contributed by atoms with Gasteiger partial charge in [-0.05, 0) is 23.1 Å². The minimum atomic E-state index is -3.72. The van der Waals surface area contributed by atoms with Gasteiger partial charge in [-0.3, -0.25) is 0 Å². The van der Waals surface area contributed by atoms with Crippen molar-refractivity contribution in [2.75, 3.05) is 13.2 Å². The highest BCUT2D eigenvalue weighted by molar-refractivity contribution is 7.89. The van der Waals surface area contributed by atoms with Crippen molar-refractivity contribution in [3.05, 3.63) is 54.1 Å². The Labute approximate surface area is 155 Å². The number of hydrogen-bond donors (Lipinski definition) is 1. The number of ether oxygens (including phenoxy) is 2. The Morgan fingerprint density at radius 2 is 1.62 bits per heavy atom. The second kappa shape index (κ2) is 7.29. The zero-order valence-electron chi connectivity index (χ0n) is 15.4. The zero-order valence-corrected chi connectivity index (χ0v) is 16.2. The lowest BCUT2D eigenvalue weighted by atomic mass is 9.83. The van der Waals surface area contributed by atoms with Gasteiger partial charge in [0.1, 0.15) is 0 Å². The van der Waals surface area contributed by atoms with Crippen LogP contribution in [0.15, 0.2) is 53.4 Å². The van der Waals surface area contributed by atoms with Gasteiger partial charge in [0.25, 0.3) is 0 Å². The third-order valence-corrected chi connectivity index (χ3v) is 5.72. The van der Waals surface area contributed by atoms with Gasteiger partial charge in [-0.15, -0.1) is 0 Å². The van der Waals surface area contributed by atoms with Gasteiger partial charge in [0, 0.05) is 12.5 Å². The predicted molar refractivity (Wildman–Crippen MR) is 101 cm³/mol. The van der Waals surface area contributed by atoms with E-state index in [1.165, 1.54) is 6.07 Å². The van der Waals surface area contributed by atoms with Crippen molar-refractivity contribution in [2.45, 2.75) is 38.1 Å². The van der Waals surface area contributed by atoms with Crippen LogP contribution in [0, 0.1) is 5.41 Å². The Morgan fingerprint density at radius 3 is 2.27 bits per heavy atom. The Balaban J connectivity index is 1.93. The molecule has 1 aliphatic heterocycles. The van der Waals surface area contributed by atoms with E-state index in [0.29, 0.717) is 24.7 Å². The molecule has 140 valence electrons. The summed E-state index contributed by atoms with van der Waals surface area (Å²) in [5.41, 5.74) is 0.637. The molecule has 0 bridgehead atoms. The first-order chi connectivity index (χ1) is 12.3. The maximum Gasteiger partial charge on any atom is 0.241 e. The molecule has 0 aliphatic carbocycles. The largest absolute Gasteiger partial charge is 0.490 e. The van der Waals surface area contributed by atoms with E-state index in [4.69, 9.17) is 9.47 Å². The molecule has 0 spiro atoms. The van der Waals surface area contributed by atoms with E-state index in [0.717, 1.165) is 12.0 Å². The van der Waals surface area contributed by atoms with Gasteiger partial charge >= 0.3 is 0 Å². The SMILES string of the molecule is CC(C)(C)C(NS(=O)(=O)c1ccc2c(c1)OCCCO2)c1ccccc1. The summed E-state index contributed by atoms with van der Waals surface area (Å²) in [5, 5.41) is 0. The smallest absolute Gasteiger partial charge is 0.241 e. The lowest BCUT2D eigenvalue weighted by Crippen LogP contribution is -2.36. The first-order valence-electron chi connectivity index (χ1n) is 8.74. The first kappa shape index (κ1) is 18.7. The van der Waals surface area contributed by atoms with Gasteiger partial charge in [0.15, 0.2) is 11.5 Å². The molecule has 0 saturated carbocycles. The molecule has 6 heteroatoms. The molecule has 1 atom stereocenters. The summed E-state index contributed by atoms with van der Waals surface area (Å²) >= 11 is 0. The summed E-state index contributed by atoms with van der Waals surface area (Å²) in [6.45, 7) is 7.12. The molecule has 0 fully saturated rings. The van der Waals surface area contributed by atoms with Crippen LogP contribution in [-0.4, -0.2) is 21.6 Å². The summed E-state index contributed by atoms with van der Waals surface area (Å²) in [6, 6.07) is 14.0. The second-order valence-corrected chi connectivity index (χ2v) is 9.20. The number of nitrogens with one attached hydrogen (secondary N) is 1. The molecule has 0 aromatic heterocycles. The molecule has 1 aliphatic rings. The van der Waals surface area contributed by atoms with Crippen LogP contribution in [0.4, 0.5) is 0 Å². The van der Waals surface area contributed by atoms with Gasteiger partial charge in [-0.2, -0.15) is 0 Å². The van der Waals surface area contributed by atoms with E-state index in [1.54, 1.807) is 12.1 Å². The van der Waals surface area contributed by atoms with Gasteiger partial charge in [-0.25, -0.2) is 13.1 Å². The molecule has 1 unspecified atom stereocenters. The summed E-state index contributed by atoms with van der Waals surface area (Å²) in [5.74, 6) is 1.05. The zero-order chi connectivity index (χ0) is 18.8. The molecule has 3 rings (SSSR count). The Bertz CT molecular complexity index is 857. The number of hydrogen-bond acceptors (Lipinski definition) is 4. The van der Waals surface area contributed by atoms with Crippen molar-refractivity contribution in [1.29, 1.82) is 0 Å². The Morgan fingerprint density at radius 1 is 0.962 bits per heavy atom. The summed E-state index contributed by atoms with van der Waals surface area (Å²) in [6.07, 6.45) is 0.773. The highest BCUT2D eigenvalue weighted by Gasteiger charge is 2.31. The Hall–Kier alpha value is -2.05. The fourth-order valence-electron chi connectivity index (χ4n) is 2.92. The molecule has 26 heavy (non-hydrogen) atoms. The minimum absolute atomic E-state index is 0.173. The third-order valence-electron chi connectivity index (χ3n) is 4.30. The molecule has 0 radical (unpaired) electrons. The van der Waals surface area contributed by atoms with Gasteiger partial charge in [0.05, 0.1) is 24.2 Å². The lowest BCUT2D eigenvalue weighted by molar-refractivity contribution is 0.296. The molecule has 0 amide bonds. The topological polar surface area (TPSA) is 64.6 Å². The number of sulfonamides is 1. The van der Waals surface area contributed by atoms with E-state index in [2.05, 4.69) is 4.72 Å². The molecule has 5 nitrogen and oxygen atoms in total. The average molecular weight is 375 g/mol. The van der Waals surface area contributed by atoms with Crippen molar-refractivity contribution in [3.63, 3.8) is 0 Å². The molecular weight excluding hydrogens is 350 g/mol. The number of rotatable bonds is 4. The van der Waals surface area contributed by atoms with Crippen molar-refractivity contribution in [1.82, 2.24) is 4.72 Å². The maximum atomic E-state index is 13.0. The van der Waals surface area contributed by atoms with Crippen molar-refractivity contribution in [2.24, 2.45) is 5.41 Å². The minimum Gasteiger partial charge on any atom is -0.490 e. The summed E-state index contributed by atoms with van der Waals surface area (Å²) in [4.78, 5) is 0.173. The fourth-order valence-corrected chi connectivity index (χ4v) is 4.37. The fraction of sp³-hybridized carbons (Fsp3) is 0.400. The van der Waals surface area contributed by atoms with Crippen molar-refractivity contribution in [3.8, 4) is 11.5 Å². The van der Waals surface area contributed by atoms with Crippen LogP contribution in [0.25, 0.3) is 0 Å². The first-order valence-corrected chi connectivity index (χ1v) is 10.2. The van der Waals surface area contributed by atoms with Crippen molar-refractivity contribution < 1.29 is 17.9 Å². The van der Waals surface area contributed by atoms with Crippen molar-refractivity contribution >= 4 is 10.0 Å². The van der Waals surface area contributed by atoms with Crippen LogP contribution >= 0.6 is 0 Å². The monoisotopic (exact) mass is 375 g/mol. The standard InChI is InChI=1S/C20H25NO4S/c1-20(2,3)19(15-8-5-4-6-9-15)21-26(22,23)16-10-11-17-18(14-16)25-13-7-12-24-17/h4-6,8-11,14,19,21H,7,12-13H2,1-3H3. The number of benzene rings is 2. The second-order valence-electron chi connectivity index (χ2n) is 7.49. The molecule has 0 saturated heterocycles. The molecular formula is C20H25NO4S. The Kier molecular flexibility index (Phi) is 5.25. The van der Waals surface area contributed by atoms with Gasteiger partial charge < -0.3 is 9.47 Å².